The van der Waals surface area contributed by atoms with E-state index in [1.807, 2.05) is 36.4 Å². The summed E-state index contributed by atoms with van der Waals surface area (Å²) in [7, 11) is 0. The molecule has 4 aromatic carbocycles. The molecule has 0 spiro atoms. The third kappa shape index (κ3) is 10.2. The second-order valence-corrected chi connectivity index (χ2v) is 10.6. The minimum absolute atomic E-state index is 0.673. The van der Waals surface area contributed by atoms with E-state index in [9.17, 15) is 0 Å². The van der Waals surface area contributed by atoms with Crippen molar-refractivity contribution in [3.63, 3.8) is 0 Å². The van der Waals surface area contributed by atoms with Crippen LogP contribution in [0.4, 0.5) is 0 Å². The average molecular weight is 550 g/mol. The molecule has 0 aliphatic heterocycles. The van der Waals surface area contributed by atoms with Gasteiger partial charge in [0.2, 0.25) is 0 Å². The second-order valence-electron chi connectivity index (χ2n) is 10.6. The summed E-state index contributed by atoms with van der Waals surface area (Å²) < 4.78 is 17.9. The Hall–Kier alpha value is -3.97. The van der Waals surface area contributed by atoms with E-state index in [2.05, 4.69) is 61.5 Å². The predicted octanol–water partition coefficient (Wildman–Crippen LogP) is 10.1. The lowest BCUT2D eigenvalue weighted by Gasteiger charge is -2.10. The molecule has 41 heavy (non-hydrogen) atoms. The van der Waals surface area contributed by atoms with Crippen LogP contribution >= 0.6 is 0 Å². The number of hydrogen-bond donors (Lipinski definition) is 0. The molecule has 4 heteroatoms. The van der Waals surface area contributed by atoms with Crippen molar-refractivity contribution in [2.45, 2.75) is 71.1 Å². The fourth-order valence-electron chi connectivity index (χ4n) is 4.87. The molecule has 0 aliphatic carbocycles. The lowest BCUT2D eigenvalue weighted by Crippen LogP contribution is -2.00. The number of rotatable bonds is 18. The van der Waals surface area contributed by atoms with Crippen molar-refractivity contribution >= 4 is 10.8 Å². The topological polar surface area (TPSA) is 51.5 Å². The van der Waals surface area contributed by atoms with Crippen LogP contribution in [-0.4, -0.2) is 19.8 Å². The number of ether oxygens (including phenoxy) is 3. The van der Waals surface area contributed by atoms with E-state index >= 15 is 0 Å². The summed E-state index contributed by atoms with van der Waals surface area (Å²) in [6, 6.07) is 30.5. The third-order valence-corrected chi connectivity index (χ3v) is 7.33. The van der Waals surface area contributed by atoms with Gasteiger partial charge >= 0.3 is 0 Å². The summed E-state index contributed by atoms with van der Waals surface area (Å²) in [5, 5.41) is 11.3. The Bertz CT molecular complexity index is 1360. The van der Waals surface area contributed by atoms with E-state index < -0.39 is 0 Å². The van der Waals surface area contributed by atoms with Crippen LogP contribution in [-0.2, 0) is 0 Å². The first-order chi connectivity index (χ1) is 20.2. The molecule has 0 heterocycles. The van der Waals surface area contributed by atoms with E-state index in [0.717, 1.165) is 73.7 Å². The van der Waals surface area contributed by atoms with Crippen molar-refractivity contribution < 1.29 is 14.2 Å². The lowest BCUT2D eigenvalue weighted by atomic mass is 10.0. The minimum atomic E-state index is 0.673. The minimum Gasteiger partial charge on any atom is -0.494 e. The molecule has 0 saturated carbocycles. The van der Waals surface area contributed by atoms with Crippen molar-refractivity contribution in [1.29, 1.82) is 5.26 Å². The smallest absolute Gasteiger partial charge is 0.119 e. The van der Waals surface area contributed by atoms with Gasteiger partial charge in [-0.15, -0.1) is 0 Å². The van der Waals surface area contributed by atoms with Gasteiger partial charge in [0.05, 0.1) is 31.5 Å². The molecule has 0 saturated heterocycles. The quantitative estimate of drug-likeness (QED) is 0.116. The van der Waals surface area contributed by atoms with Gasteiger partial charge in [0, 0.05) is 0 Å². The Balaban J connectivity index is 1.07. The molecule has 0 aromatic heterocycles. The van der Waals surface area contributed by atoms with E-state index in [4.69, 9.17) is 19.5 Å². The summed E-state index contributed by atoms with van der Waals surface area (Å²) >= 11 is 0. The SMILES string of the molecule is CCCCCCCCOc1ccc2cc(OCCCCCCOc3ccc(-c4ccc(C#N)cc4)cc3)ccc2c1. The Kier molecular flexibility index (Phi) is 12.4. The molecular formula is C37H43NO3. The van der Waals surface area contributed by atoms with Crippen molar-refractivity contribution in [2.24, 2.45) is 0 Å². The summed E-state index contributed by atoms with van der Waals surface area (Å²) in [4.78, 5) is 0. The Morgan fingerprint density at radius 3 is 1.39 bits per heavy atom. The molecule has 0 amide bonds. The maximum atomic E-state index is 8.95. The summed E-state index contributed by atoms with van der Waals surface area (Å²) in [6.07, 6.45) is 11.9. The summed E-state index contributed by atoms with van der Waals surface area (Å²) in [6.45, 7) is 4.48. The van der Waals surface area contributed by atoms with Gasteiger partial charge in [-0.3, -0.25) is 0 Å². The van der Waals surface area contributed by atoms with E-state index in [-0.39, 0.29) is 0 Å². The van der Waals surface area contributed by atoms with Gasteiger partial charge in [-0.05, 0) is 103 Å². The molecule has 4 rings (SSSR count). The van der Waals surface area contributed by atoms with E-state index in [1.165, 1.54) is 42.9 Å². The van der Waals surface area contributed by atoms with Crippen LogP contribution in [0, 0.1) is 11.3 Å². The average Bonchev–Trinajstić information content (AvgIpc) is 3.02. The maximum absolute atomic E-state index is 8.95. The highest BCUT2D eigenvalue weighted by Crippen LogP contribution is 2.26. The van der Waals surface area contributed by atoms with Gasteiger partial charge in [-0.2, -0.15) is 5.26 Å². The number of unbranched alkanes of at least 4 members (excludes halogenated alkanes) is 8. The molecule has 0 N–H and O–H groups in total. The van der Waals surface area contributed by atoms with Crippen molar-refractivity contribution in [1.82, 2.24) is 0 Å². The van der Waals surface area contributed by atoms with Crippen LogP contribution in [0.3, 0.4) is 0 Å². The number of benzene rings is 4. The lowest BCUT2D eigenvalue weighted by molar-refractivity contribution is 0.288. The zero-order valence-corrected chi connectivity index (χ0v) is 24.4. The van der Waals surface area contributed by atoms with Gasteiger partial charge in [0.1, 0.15) is 17.2 Å². The normalized spacial score (nSPS) is 10.8. The van der Waals surface area contributed by atoms with Gasteiger partial charge in [0.25, 0.3) is 0 Å². The number of nitrogens with zero attached hydrogens (tertiary/aromatic N) is 1. The highest BCUT2D eigenvalue weighted by Gasteiger charge is 2.03. The van der Waals surface area contributed by atoms with Crippen LogP contribution in [0.25, 0.3) is 21.9 Å². The van der Waals surface area contributed by atoms with Gasteiger partial charge < -0.3 is 14.2 Å². The second kappa shape index (κ2) is 17.0. The van der Waals surface area contributed by atoms with E-state index in [1.54, 1.807) is 0 Å². The van der Waals surface area contributed by atoms with Crippen molar-refractivity contribution in [2.75, 3.05) is 19.8 Å². The largest absolute Gasteiger partial charge is 0.494 e. The molecule has 0 fully saturated rings. The Morgan fingerprint density at radius 2 is 0.902 bits per heavy atom. The molecule has 0 aliphatic rings. The van der Waals surface area contributed by atoms with E-state index in [0.29, 0.717) is 12.2 Å². The maximum Gasteiger partial charge on any atom is 0.119 e. The first-order valence-corrected chi connectivity index (χ1v) is 15.3. The molecule has 0 atom stereocenters. The molecule has 0 unspecified atom stereocenters. The highest BCUT2D eigenvalue weighted by atomic mass is 16.5. The summed E-state index contributed by atoms with van der Waals surface area (Å²) in [5.41, 5.74) is 2.89. The van der Waals surface area contributed by atoms with Gasteiger partial charge in [-0.1, -0.05) is 75.4 Å². The zero-order chi connectivity index (χ0) is 28.5. The number of nitriles is 1. The molecule has 214 valence electrons. The van der Waals surface area contributed by atoms with Crippen molar-refractivity contribution in [3.8, 4) is 34.4 Å². The standard InChI is InChI=1S/C37H43NO3/c1-2-3-4-5-6-9-25-40-36-22-18-34-28-37(23-19-33(34)27-36)41-26-11-8-7-10-24-39-35-20-16-32(17-21-35)31-14-12-30(29-38)13-15-31/h12-23,27-28H,2-11,24-26H2,1H3. The monoisotopic (exact) mass is 549 g/mol. The summed E-state index contributed by atoms with van der Waals surface area (Å²) in [5.74, 6) is 2.76. The number of hydrogen-bond acceptors (Lipinski definition) is 4. The Labute approximate surface area is 245 Å². The van der Waals surface area contributed by atoms with Crippen molar-refractivity contribution in [3.05, 3.63) is 90.5 Å². The molecule has 4 nitrogen and oxygen atoms in total. The van der Waals surface area contributed by atoms with Crippen LogP contribution in [0.15, 0.2) is 84.9 Å². The molecule has 4 aromatic rings. The zero-order valence-electron chi connectivity index (χ0n) is 24.4. The first-order valence-electron chi connectivity index (χ1n) is 15.3. The Morgan fingerprint density at radius 1 is 0.488 bits per heavy atom. The van der Waals surface area contributed by atoms with Crippen LogP contribution in [0.1, 0.15) is 76.7 Å². The first kappa shape index (κ1) is 30.0. The molecule has 0 bridgehead atoms. The highest BCUT2D eigenvalue weighted by molar-refractivity contribution is 5.85. The fourth-order valence-corrected chi connectivity index (χ4v) is 4.87. The van der Waals surface area contributed by atoms with Crippen LogP contribution in [0.5, 0.6) is 17.2 Å². The van der Waals surface area contributed by atoms with Gasteiger partial charge in [0.15, 0.2) is 0 Å². The molecule has 0 radical (unpaired) electrons. The third-order valence-electron chi connectivity index (χ3n) is 7.33. The van der Waals surface area contributed by atoms with Gasteiger partial charge in [-0.25, -0.2) is 0 Å². The fraction of sp³-hybridized carbons (Fsp3) is 0.378. The number of fused-ring (bicyclic) bond motifs is 1. The predicted molar refractivity (Wildman–Crippen MR) is 169 cm³/mol. The van der Waals surface area contributed by atoms with Crippen LogP contribution in [0.2, 0.25) is 0 Å². The molecular weight excluding hydrogens is 506 g/mol. The van der Waals surface area contributed by atoms with Crippen LogP contribution < -0.4 is 14.2 Å².